The van der Waals surface area contributed by atoms with Crippen molar-refractivity contribution in [3.05, 3.63) is 0 Å². The van der Waals surface area contributed by atoms with E-state index in [2.05, 4.69) is 0 Å². The summed E-state index contributed by atoms with van der Waals surface area (Å²) in [5.41, 5.74) is 5.27. The third-order valence-corrected chi connectivity index (χ3v) is 3.20. The molecule has 0 aliphatic heterocycles. The highest BCUT2D eigenvalue weighted by molar-refractivity contribution is 7.94. The van der Waals surface area contributed by atoms with E-state index in [9.17, 15) is 0 Å². The van der Waals surface area contributed by atoms with Gasteiger partial charge in [0.25, 0.3) is 0 Å². The molecule has 0 bridgehead atoms. The Morgan fingerprint density at radius 2 is 2.50 bits per heavy atom. The van der Waals surface area contributed by atoms with Crippen molar-refractivity contribution >= 4 is 21.8 Å². The van der Waals surface area contributed by atoms with Crippen LogP contribution in [-0.4, -0.2) is 22.6 Å². The number of hydrogen-bond donors (Lipinski definition) is 1. The largest absolute Gasteiger partial charge is 0.365 e. The molecule has 0 rings (SSSR count). The molecule has 0 saturated carbocycles. The Morgan fingerprint density at radius 1 is 1.75 bits per heavy atom. The van der Waals surface area contributed by atoms with E-state index in [0.717, 1.165) is 13.0 Å². The van der Waals surface area contributed by atoms with Crippen molar-refractivity contribution in [3.63, 3.8) is 0 Å². The summed E-state index contributed by atoms with van der Waals surface area (Å²) in [6.45, 7) is 0.810. The fourth-order valence-corrected chi connectivity index (χ4v) is 2.02. The summed E-state index contributed by atoms with van der Waals surface area (Å²) >= 11 is 1.47. The Balaban J connectivity index is 2.53. The molecule has 8 heavy (non-hydrogen) atoms. The lowest BCUT2D eigenvalue weighted by molar-refractivity contribution is 0.689. The Labute approximate surface area is 57.3 Å². The van der Waals surface area contributed by atoms with Crippen LogP contribution in [0, 0.1) is 0 Å². The molecule has 0 fully saturated rings. The van der Waals surface area contributed by atoms with Gasteiger partial charge < -0.3 is 9.61 Å². The van der Waals surface area contributed by atoms with Crippen LogP contribution in [0.25, 0.3) is 0 Å². The van der Waals surface area contributed by atoms with Gasteiger partial charge in [-0.1, -0.05) is 0 Å². The Kier molecular flexibility index (Phi) is 7.94. The fourth-order valence-electron chi connectivity index (χ4n) is 0.389. The molecule has 0 aliphatic rings. The number of hydrogen-bond acceptors (Lipinski definition) is 3. The van der Waals surface area contributed by atoms with Crippen LogP contribution in [0.5, 0.6) is 0 Å². The zero-order chi connectivity index (χ0) is 6.24. The maximum Gasteiger partial charge on any atom is 0.180 e. The SMILES string of the molecule is CSO[SiH2]CCCN. The molecule has 2 nitrogen and oxygen atoms in total. The van der Waals surface area contributed by atoms with Crippen LogP contribution in [0.15, 0.2) is 0 Å². The molecule has 2 N–H and O–H groups in total. The van der Waals surface area contributed by atoms with Crippen molar-refractivity contribution in [2.24, 2.45) is 5.73 Å². The van der Waals surface area contributed by atoms with Crippen LogP contribution in [0.2, 0.25) is 6.04 Å². The highest BCUT2D eigenvalue weighted by atomic mass is 32.2. The lowest BCUT2D eigenvalue weighted by Crippen LogP contribution is -2.00. The molecule has 0 radical (unpaired) electrons. The van der Waals surface area contributed by atoms with E-state index in [1.165, 1.54) is 18.1 Å². The van der Waals surface area contributed by atoms with Crippen molar-refractivity contribution in [3.8, 4) is 0 Å². The maximum absolute atomic E-state index is 5.27. The summed E-state index contributed by atoms with van der Waals surface area (Å²) in [5.74, 6) is 0. The van der Waals surface area contributed by atoms with Crippen molar-refractivity contribution in [2.75, 3.05) is 12.8 Å². The van der Waals surface area contributed by atoms with Crippen molar-refractivity contribution in [1.29, 1.82) is 0 Å². The summed E-state index contributed by atoms with van der Waals surface area (Å²) in [6, 6.07) is 1.22. The summed E-state index contributed by atoms with van der Waals surface area (Å²) < 4.78 is 5.14. The molecule has 0 saturated heterocycles. The third kappa shape index (κ3) is 6.49. The van der Waals surface area contributed by atoms with Crippen LogP contribution in [0.1, 0.15) is 6.42 Å². The van der Waals surface area contributed by atoms with Gasteiger partial charge in [-0.15, -0.1) is 0 Å². The number of rotatable bonds is 5. The van der Waals surface area contributed by atoms with Gasteiger partial charge in [-0.25, -0.2) is 0 Å². The summed E-state index contributed by atoms with van der Waals surface area (Å²) in [6.07, 6.45) is 3.09. The summed E-state index contributed by atoms with van der Waals surface area (Å²) in [5, 5.41) is 0. The lowest BCUT2D eigenvalue weighted by atomic mass is 10.5. The van der Waals surface area contributed by atoms with E-state index in [0.29, 0.717) is 0 Å². The summed E-state index contributed by atoms with van der Waals surface area (Å²) in [7, 11) is -0.217. The smallest absolute Gasteiger partial charge is 0.180 e. The normalized spacial score (nSPS) is 11.2. The minimum Gasteiger partial charge on any atom is -0.365 e. The van der Waals surface area contributed by atoms with Gasteiger partial charge in [-0.05, 0) is 31.1 Å². The molecule has 0 aliphatic carbocycles. The van der Waals surface area contributed by atoms with Gasteiger partial charge in [0.1, 0.15) is 0 Å². The molecule has 0 aromatic heterocycles. The van der Waals surface area contributed by atoms with E-state index >= 15 is 0 Å². The van der Waals surface area contributed by atoms with E-state index in [1.54, 1.807) is 0 Å². The summed E-state index contributed by atoms with van der Waals surface area (Å²) in [4.78, 5) is 0. The van der Waals surface area contributed by atoms with Gasteiger partial charge in [-0.2, -0.15) is 0 Å². The second-order valence-corrected chi connectivity index (χ2v) is 3.88. The van der Waals surface area contributed by atoms with Gasteiger partial charge in [-0.3, -0.25) is 0 Å². The maximum atomic E-state index is 5.27. The molecule has 0 spiro atoms. The first-order chi connectivity index (χ1) is 3.91. The second-order valence-electron chi connectivity index (χ2n) is 1.48. The molecule has 0 atom stereocenters. The third-order valence-electron chi connectivity index (χ3n) is 0.800. The Morgan fingerprint density at radius 3 is 3.00 bits per heavy atom. The fraction of sp³-hybridized carbons (Fsp3) is 1.00. The molecular weight excluding hydrogens is 138 g/mol. The molecule has 0 aromatic carbocycles. The van der Waals surface area contributed by atoms with Gasteiger partial charge in [0.2, 0.25) is 0 Å². The molecular formula is C4H13NOSSi. The standard InChI is InChI=1S/C4H13NOSSi/c1-7-6-8-4-2-3-5/h2-5,8H2,1H3. The van der Waals surface area contributed by atoms with E-state index in [1.807, 2.05) is 6.26 Å². The van der Waals surface area contributed by atoms with Gasteiger partial charge in [0, 0.05) is 6.26 Å². The van der Waals surface area contributed by atoms with Crippen molar-refractivity contribution in [1.82, 2.24) is 0 Å². The monoisotopic (exact) mass is 151 g/mol. The van der Waals surface area contributed by atoms with E-state index in [-0.39, 0.29) is 9.76 Å². The van der Waals surface area contributed by atoms with Gasteiger partial charge in [0.15, 0.2) is 9.76 Å². The second kappa shape index (κ2) is 7.49. The van der Waals surface area contributed by atoms with E-state index in [4.69, 9.17) is 9.61 Å². The highest BCUT2D eigenvalue weighted by Crippen LogP contribution is 1.95. The molecule has 4 heteroatoms. The van der Waals surface area contributed by atoms with Crippen LogP contribution >= 0.6 is 12.0 Å². The molecule has 0 unspecified atom stereocenters. The first-order valence-corrected chi connectivity index (χ1v) is 5.50. The quantitative estimate of drug-likeness (QED) is 0.345. The van der Waals surface area contributed by atoms with E-state index < -0.39 is 0 Å². The predicted octanol–water partition coefficient (Wildman–Crippen LogP) is 0.132. The highest BCUT2D eigenvalue weighted by Gasteiger charge is 1.85. The van der Waals surface area contributed by atoms with Gasteiger partial charge in [0.05, 0.1) is 0 Å². The topological polar surface area (TPSA) is 35.2 Å². The minimum atomic E-state index is -0.217. The average Bonchev–Trinajstić information content (AvgIpc) is 1.81. The van der Waals surface area contributed by atoms with Crippen molar-refractivity contribution in [2.45, 2.75) is 12.5 Å². The molecule has 0 heterocycles. The molecule has 0 amide bonds. The van der Waals surface area contributed by atoms with Gasteiger partial charge >= 0.3 is 0 Å². The first kappa shape index (κ1) is 8.49. The van der Waals surface area contributed by atoms with Crippen LogP contribution in [0.3, 0.4) is 0 Å². The van der Waals surface area contributed by atoms with Crippen molar-refractivity contribution < 1.29 is 3.87 Å². The average molecular weight is 151 g/mol. The molecule has 50 valence electrons. The predicted molar refractivity (Wildman–Crippen MR) is 41.6 cm³/mol. The Bertz CT molecular complexity index is 41.0. The van der Waals surface area contributed by atoms with Crippen LogP contribution in [0.4, 0.5) is 0 Å². The number of nitrogens with two attached hydrogens (primary N) is 1. The first-order valence-electron chi connectivity index (χ1n) is 2.77. The minimum absolute atomic E-state index is 0.217. The lowest BCUT2D eigenvalue weighted by Gasteiger charge is -1.94. The Hall–Kier alpha value is 0.487. The molecule has 0 aromatic rings. The van der Waals surface area contributed by atoms with Crippen LogP contribution < -0.4 is 5.73 Å². The zero-order valence-corrected chi connectivity index (χ0v) is 7.45. The van der Waals surface area contributed by atoms with Crippen LogP contribution in [-0.2, 0) is 3.87 Å². The zero-order valence-electron chi connectivity index (χ0n) is 5.22.